The van der Waals surface area contributed by atoms with Crippen LogP contribution in [0.1, 0.15) is 25.8 Å². The van der Waals surface area contributed by atoms with Crippen LogP contribution in [-0.4, -0.2) is 81.4 Å². The molecule has 2 amide bonds. The monoisotopic (exact) mass is 665 g/mol. The molecular weight excluding hydrogens is 629 g/mol. The third kappa shape index (κ3) is 6.85. The summed E-state index contributed by atoms with van der Waals surface area (Å²) < 4.78 is 7.62. The van der Waals surface area contributed by atoms with E-state index in [9.17, 15) is 9.90 Å². The number of amides is 2. The van der Waals surface area contributed by atoms with E-state index in [1.165, 1.54) is 17.3 Å². The largest absolute Gasteiger partial charge is 0.490 e. The normalized spacial score (nSPS) is 17.4. The van der Waals surface area contributed by atoms with Gasteiger partial charge >= 0.3 is 6.03 Å². The van der Waals surface area contributed by atoms with Crippen LogP contribution < -0.4 is 24.9 Å². The number of carbonyl (C=O) groups is 1. The predicted octanol–water partition coefficient (Wildman–Crippen LogP) is 4.78. The van der Waals surface area contributed by atoms with Gasteiger partial charge in [-0.05, 0) is 61.9 Å². The smallest absolute Gasteiger partial charge is 0.340 e. The first kappa shape index (κ1) is 31.9. The summed E-state index contributed by atoms with van der Waals surface area (Å²) in [5.74, 6) is 1.51. The molecule has 6 rings (SSSR count). The number of carbonyl (C=O) groups excluding carboxylic acids is 1. The van der Waals surface area contributed by atoms with Crippen molar-refractivity contribution in [3.05, 3.63) is 89.1 Å². The van der Waals surface area contributed by atoms with Crippen molar-refractivity contribution in [3.8, 4) is 5.75 Å². The molecule has 0 radical (unpaired) electrons. The number of nitrogens with zero attached hydrogens (tertiary/aromatic N) is 8. The van der Waals surface area contributed by atoms with E-state index >= 15 is 0 Å². The van der Waals surface area contributed by atoms with Crippen LogP contribution in [0.25, 0.3) is 0 Å². The van der Waals surface area contributed by atoms with Crippen LogP contribution in [0, 0.1) is 0 Å². The molecule has 0 spiro atoms. The topological polar surface area (TPSA) is 115 Å². The lowest BCUT2D eigenvalue weighted by molar-refractivity contribution is -0.0269. The Morgan fingerprint density at radius 3 is 2.41 bits per heavy atom. The molecule has 0 saturated carbocycles. The molecule has 46 heavy (non-hydrogen) atoms. The molecular formula is C32H37Cl2N9O3. The SMILES string of the molecule is CCC(C)N1NCN(c2ccc(N3CCN(c4ccc(OCC(O)(Cn5cncn5)c5ccc(Cl)cc5Cl)cc4)CC3)nc2)C1=O. The summed E-state index contributed by atoms with van der Waals surface area (Å²) in [6, 6.07) is 16.8. The third-order valence-corrected chi connectivity index (χ3v) is 9.07. The number of aromatic nitrogens is 4. The number of aliphatic hydroxyl groups is 1. The van der Waals surface area contributed by atoms with Crippen molar-refractivity contribution in [1.29, 1.82) is 0 Å². The molecule has 2 fully saturated rings. The Morgan fingerprint density at radius 2 is 1.76 bits per heavy atom. The number of anilines is 3. The average Bonchev–Trinajstić information content (AvgIpc) is 3.73. The zero-order valence-corrected chi connectivity index (χ0v) is 27.3. The molecule has 2 aromatic carbocycles. The second-order valence-electron chi connectivity index (χ2n) is 11.5. The minimum Gasteiger partial charge on any atom is -0.490 e. The highest BCUT2D eigenvalue weighted by Crippen LogP contribution is 2.33. The van der Waals surface area contributed by atoms with Crippen LogP contribution in [0.15, 0.2) is 73.4 Å². The molecule has 4 heterocycles. The lowest BCUT2D eigenvalue weighted by Crippen LogP contribution is -2.46. The Labute approximate surface area is 278 Å². The molecule has 0 aliphatic carbocycles. The van der Waals surface area contributed by atoms with Crippen molar-refractivity contribution in [2.45, 2.75) is 38.5 Å². The summed E-state index contributed by atoms with van der Waals surface area (Å²) in [5, 5.41) is 18.3. The zero-order chi connectivity index (χ0) is 32.3. The van der Waals surface area contributed by atoms with Gasteiger partial charge in [-0.1, -0.05) is 36.2 Å². The van der Waals surface area contributed by atoms with Crippen molar-refractivity contribution < 1.29 is 14.6 Å². The number of hydrogen-bond acceptors (Lipinski definition) is 9. The fraction of sp³-hybridized carbons (Fsp3) is 0.375. The van der Waals surface area contributed by atoms with Crippen LogP contribution in [0.4, 0.5) is 22.0 Å². The highest BCUT2D eigenvalue weighted by atomic mass is 35.5. The summed E-state index contributed by atoms with van der Waals surface area (Å²) in [7, 11) is 0. The van der Waals surface area contributed by atoms with Gasteiger partial charge in [0.1, 0.15) is 36.4 Å². The lowest BCUT2D eigenvalue weighted by Gasteiger charge is -2.37. The molecule has 12 nitrogen and oxygen atoms in total. The van der Waals surface area contributed by atoms with E-state index in [4.69, 9.17) is 27.9 Å². The number of nitrogens with one attached hydrogen (secondary N) is 1. The summed E-state index contributed by atoms with van der Waals surface area (Å²) >= 11 is 12.6. The summed E-state index contributed by atoms with van der Waals surface area (Å²) in [4.78, 5) is 27.8. The summed E-state index contributed by atoms with van der Waals surface area (Å²) in [6.07, 6.45) is 5.59. The standard InChI is InChI=1S/C32H37Cl2N9O3/c1-3-23(2)43-31(44)42(22-38-43)26-7-11-30(36-17-26)40-14-12-39(13-15-40)25-5-8-27(9-6-25)46-19-32(45,18-41-21-35-20-37-41)28-10-4-24(33)16-29(28)34/h4-11,16-17,20-21,23,38,45H,3,12-15,18-19,22H2,1-2H3. The Kier molecular flexibility index (Phi) is 9.50. The van der Waals surface area contributed by atoms with Crippen LogP contribution in [0.2, 0.25) is 10.0 Å². The van der Waals surface area contributed by atoms with Gasteiger partial charge in [-0.25, -0.2) is 24.9 Å². The molecule has 14 heteroatoms. The maximum Gasteiger partial charge on any atom is 0.340 e. The van der Waals surface area contributed by atoms with E-state index in [0.29, 0.717) is 28.0 Å². The number of ether oxygens (including phenoxy) is 1. The second kappa shape index (κ2) is 13.7. The molecule has 2 aromatic heterocycles. The van der Waals surface area contributed by atoms with Gasteiger partial charge < -0.3 is 19.6 Å². The first-order chi connectivity index (χ1) is 22.2. The Balaban J connectivity index is 1.04. The van der Waals surface area contributed by atoms with E-state index in [2.05, 4.69) is 37.2 Å². The number of benzene rings is 2. The highest BCUT2D eigenvalue weighted by Gasteiger charge is 2.34. The van der Waals surface area contributed by atoms with E-state index in [0.717, 1.165) is 49.8 Å². The number of pyridine rings is 1. The highest BCUT2D eigenvalue weighted by molar-refractivity contribution is 6.35. The van der Waals surface area contributed by atoms with Crippen molar-refractivity contribution in [2.24, 2.45) is 0 Å². The molecule has 2 aliphatic heterocycles. The van der Waals surface area contributed by atoms with Crippen molar-refractivity contribution in [2.75, 3.05) is 54.2 Å². The summed E-state index contributed by atoms with van der Waals surface area (Å²) in [6.45, 7) is 7.85. The maximum atomic E-state index is 12.8. The van der Waals surface area contributed by atoms with Gasteiger partial charge in [0.05, 0.1) is 25.1 Å². The average molecular weight is 667 g/mol. The number of rotatable bonds is 11. The first-order valence-corrected chi connectivity index (χ1v) is 16.0. The van der Waals surface area contributed by atoms with Crippen LogP contribution in [0.5, 0.6) is 5.75 Å². The van der Waals surface area contributed by atoms with Gasteiger partial charge in [-0.3, -0.25) is 9.91 Å². The van der Waals surface area contributed by atoms with E-state index in [-0.39, 0.29) is 25.2 Å². The number of hydrogen-bond donors (Lipinski definition) is 2. The van der Waals surface area contributed by atoms with Gasteiger partial charge in [-0.2, -0.15) is 5.10 Å². The Bertz CT molecular complexity index is 1620. The number of halogens is 2. The van der Waals surface area contributed by atoms with Gasteiger partial charge in [0.2, 0.25) is 0 Å². The second-order valence-corrected chi connectivity index (χ2v) is 12.4. The van der Waals surface area contributed by atoms with Crippen LogP contribution in [-0.2, 0) is 12.1 Å². The van der Waals surface area contributed by atoms with Crippen LogP contribution >= 0.6 is 23.2 Å². The van der Waals surface area contributed by atoms with Crippen molar-refractivity contribution >= 4 is 46.4 Å². The molecule has 2 aliphatic rings. The number of urea groups is 1. The molecule has 2 unspecified atom stereocenters. The van der Waals surface area contributed by atoms with Gasteiger partial charge in [0.25, 0.3) is 0 Å². The predicted molar refractivity (Wildman–Crippen MR) is 178 cm³/mol. The van der Waals surface area contributed by atoms with E-state index in [1.54, 1.807) is 34.3 Å². The summed E-state index contributed by atoms with van der Waals surface area (Å²) in [5.41, 5.74) is 4.04. The van der Waals surface area contributed by atoms with E-state index in [1.807, 2.05) is 43.3 Å². The molecule has 242 valence electrons. The Hall–Kier alpha value is -4.10. The van der Waals surface area contributed by atoms with Gasteiger partial charge in [0, 0.05) is 53.5 Å². The maximum absolute atomic E-state index is 12.8. The molecule has 2 N–H and O–H groups in total. The minimum atomic E-state index is -1.48. The molecule has 4 aromatic rings. The molecule has 2 saturated heterocycles. The molecule has 2 atom stereocenters. The van der Waals surface area contributed by atoms with E-state index < -0.39 is 5.60 Å². The molecule has 0 bridgehead atoms. The lowest BCUT2D eigenvalue weighted by atomic mass is 9.94. The number of hydrazine groups is 1. The number of piperazine rings is 1. The minimum absolute atomic E-state index is 0.0534. The van der Waals surface area contributed by atoms with Crippen molar-refractivity contribution in [1.82, 2.24) is 30.2 Å². The quantitative estimate of drug-likeness (QED) is 0.234. The van der Waals surface area contributed by atoms with Gasteiger partial charge in [0.15, 0.2) is 0 Å². The fourth-order valence-corrected chi connectivity index (χ4v) is 6.26. The third-order valence-electron chi connectivity index (χ3n) is 8.52. The van der Waals surface area contributed by atoms with Crippen molar-refractivity contribution in [3.63, 3.8) is 0 Å². The first-order valence-electron chi connectivity index (χ1n) is 15.3. The Morgan fingerprint density at radius 1 is 1.02 bits per heavy atom. The zero-order valence-electron chi connectivity index (χ0n) is 25.8. The van der Waals surface area contributed by atoms with Gasteiger partial charge in [-0.15, -0.1) is 0 Å². The fourth-order valence-electron chi connectivity index (χ4n) is 5.67. The van der Waals surface area contributed by atoms with Crippen LogP contribution in [0.3, 0.4) is 0 Å².